The number of ketones is 1. The van der Waals surface area contributed by atoms with E-state index >= 15 is 0 Å². The molecule has 0 radical (unpaired) electrons. The fourth-order valence-corrected chi connectivity index (χ4v) is 4.34. The predicted octanol–water partition coefficient (Wildman–Crippen LogP) is 6.19. The van der Waals surface area contributed by atoms with Crippen LogP contribution < -0.4 is 9.64 Å². The molecule has 0 saturated carbocycles. The summed E-state index contributed by atoms with van der Waals surface area (Å²) in [6, 6.07) is 17.4. The molecule has 1 saturated heterocycles. The fraction of sp³-hybridized carbons (Fsp3) is 0.214. The second-order valence-corrected chi connectivity index (χ2v) is 8.99. The van der Waals surface area contributed by atoms with Crippen LogP contribution in [0.5, 0.6) is 11.5 Å². The number of Topliss-reactive ketones (excluding diaryl/α,β-unsaturated/α-hetero) is 1. The minimum atomic E-state index is -0.897. The number of aromatic hydroxyl groups is 1. The van der Waals surface area contributed by atoms with Gasteiger partial charge in [-0.2, -0.15) is 0 Å². The lowest BCUT2D eigenvalue weighted by Gasteiger charge is -2.26. The third-order valence-corrected chi connectivity index (χ3v) is 6.31. The van der Waals surface area contributed by atoms with Gasteiger partial charge in [-0.3, -0.25) is 14.5 Å². The number of rotatable bonds is 6. The van der Waals surface area contributed by atoms with E-state index in [-0.39, 0.29) is 17.1 Å². The number of hydrogen-bond donors (Lipinski definition) is 2. The first-order valence-corrected chi connectivity index (χ1v) is 11.7. The van der Waals surface area contributed by atoms with E-state index in [1.54, 1.807) is 42.5 Å². The summed E-state index contributed by atoms with van der Waals surface area (Å²) in [4.78, 5) is 28.0. The Kier molecular flexibility index (Phi) is 6.85. The van der Waals surface area contributed by atoms with Crippen molar-refractivity contribution in [3.63, 3.8) is 0 Å². The number of phenols is 1. The molecule has 0 spiro atoms. The summed E-state index contributed by atoms with van der Waals surface area (Å²) in [7, 11) is 0. The van der Waals surface area contributed by atoms with Gasteiger partial charge < -0.3 is 14.9 Å². The van der Waals surface area contributed by atoms with Gasteiger partial charge in [-0.15, -0.1) is 0 Å². The van der Waals surface area contributed by atoms with Crippen LogP contribution >= 0.6 is 11.6 Å². The standard InChI is InChI=1S/C28H26ClNO5/c1-4-35-23-15-19(9-14-22(23)29)26(32)24-25(18-7-12-21(31)13-8-18)30(28(34)27(24)33)20-10-5-17(6-11-20)16(2)3/h5-16,25,31-32H,4H2,1-3H3/b26-24-. The van der Waals surface area contributed by atoms with Crippen LogP contribution in [0.15, 0.2) is 72.3 Å². The minimum Gasteiger partial charge on any atom is -0.508 e. The van der Waals surface area contributed by atoms with Gasteiger partial charge in [0.25, 0.3) is 11.7 Å². The Labute approximate surface area is 209 Å². The van der Waals surface area contributed by atoms with Crippen molar-refractivity contribution < 1.29 is 24.5 Å². The maximum absolute atomic E-state index is 13.3. The van der Waals surface area contributed by atoms with E-state index in [1.807, 2.05) is 19.1 Å². The van der Waals surface area contributed by atoms with Gasteiger partial charge in [0.1, 0.15) is 17.3 Å². The summed E-state index contributed by atoms with van der Waals surface area (Å²) in [6.07, 6.45) is 0. The van der Waals surface area contributed by atoms with Crippen molar-refractivity contribution in [2.24, 2.45) is 0 Å². The van der Waals surface area contributed by atoms with Gasteiger partial charge in [-0.1, -0.05) is 49.7 Å². The number of halogens is 1. The molecule has 35 heavy (non-hydrogen) atoms. The topological polar surface area (TPSA) is 87.1 Å². The molecular formula is C28H26ClNO5. The van der Waals surface area contributed by atoms with Crippen LogP contribution in [0, 0.1) is 0 Å². The lowest BCUT2D eigenvalue weighted by atomic mass is 9.95. The highest BCUT2D eigenvalue weighted by Crippen LogP contribution is 2.43. The summed E-state index contributed by atoms with van der Waals surface area (Å²) >= 11 is 6.19. The van der Waals surface area contributed by atoms with E-state index in [4.69, 9.17) is 16.3 Å². The van der Waals surface area contributed by atoms with Crippen LogP contribution in [-0.4, -0.2) is 28.5 Å². The van der Waals surface area contributed by atoms with Crippen molar-refractivity contribution in [3.05, 3.63) is 94.0 Å². The highest BCUT2D eigenvalue weighted by molar-refractivity contribution is 6.51. The quantitative estimate of drug-likeness (QED) is 0.244. The highest BCUT2D eigenvalue weighted by atomic mass is 35.5. The first kappa shape index (κ1) is 24.4. The maximum Gasteiger partial charge on any atom is 0.300 e. The molecule has 1 heterocycles. The van der Waals surface area contributed by atoms with Gasteiger partial charge in [0.05, 0.1) is 23.2 Å². The van der Waals surface area contributed by atoms with E-state index in [0.29, 0.717) is 40.1 Å². The Morgan fingerprint density at radius 3 is 2.29 bits per heavy atom. The first-order chi connectivity index (χ1) is 16.7. The molecule has 2 N–H and O–H groups in total. The summed E-state index contributed by atoms with van der Waals surface area (Å²) < 4.78 is 5.53. The number of carbonyl (C=O) groups is 2. The van der Waals surface area contributed by atoms with Crippen LogP contribution in [-0.2, 0) is 9.59 Å². The molecule has 4 rings (SSSR count). The maximum atomic E-state index is 13.3. The van der Waals surface area contributed by atoms with E-state index in [1.165, 1.54) is 17.0 Å². The number of benzene rings is 3. The molecule has 3 aromatic rings. The largest absolute Gasteiger partial charge is 0.508 e. The number of amides is 1. The molecule has 1 aliphatic rings. The number of phenolic OH excluding ortho intramolecular Hbond substituents is 1. The Morgan fingerprint density at radius 2 is 1.69 bits per heavy atom. The van der Waals surface area contributed by atoms with E-state index in [2.05, 4.69) is 13.8 Å². The number of aliphatic hydroxyl groups excluding tert-OH is 1. The van der Waals surface area contributed by atoms with Crippen molar-refractivity contribution in [1.82, 2.24) is 0 Å². The number of carbonyl (C=O) groups excluding carboxylic acids is 2. The molecule has 3 aromatic carbocycles. The van der Waals surface area contributed by atoms with Crippen LogP contribution in [0.2, 0.25) is 5.02 Å². The Balaban J connectivity index is 1.90. The third kappa shape index (κ3) is 4.62. The van der Waals surface area contributed by atoms with Crippen molar-refractivity contribution in [1.29, 1.82) is 0 Å². The molecule has 180 valence electrons. The molecule has 1 unspecified atom stereocenters. The normalized spacial score (nSPS) is 17.3. The molecule has 0 aliphatic carbocycles. The summed E-state index contributed by atoms with van der Waals surface area (Å²) in [6.45, 7) is 6.32. The van der Waals surface area contributed by atoms with Crippen molar-refractivity contribution in [2.75, 3.05) is 11.5 Å². The SMILES string of the molecule is CCOc1cc(/C(O)=C2/C(=O)C(=O)N(c3ccc(C(C)C)cc3)C2c2ccc(O)cc2)ccc1Cl. The van der Waals surface area contributed by atoms with Crippen LogP contribution in [0.1, 0.15) is 49.4 Å². The zero-order chi connectivity index (χ0) is 25.3. The van der Waals surface area contributed by atoms with Gasteiger partial charge in [-0.05, 0) is 66.4 Å². The molecule has 6 nitrogen and oxygen atoms in total. The second kappa shape index (κ2) is 9.84. The molecule has 1 amide bonds. The smallest absolute Gasteiger partial charge is 0.300 e. The lowest BCUT2D eigenvalue weighted by Crippen LogP contribution is -2.29. The van der Waals surface area contributed by atoms with Gasteiger partial charge in [0, 0.05) is 11.3 Å². The second-order valence-electron chi connectivity index (χ2n) is 8.59. The Morgan fingerprint density at radius 1 is 1.03 bits per heavy atom. The Bertz CT molecular complexity index is 1300. The number of aliphatic hydroxyl groups is 1. The average molecular weight is 492 g/mol. The highest BCUT2D eigenvalue weighted by Gasteiger charge is 2.47. The molecule has 1 aliphatic heterocycles. The summed E-state index contributed by atoms with van der Waals surface area (Å²) in [5.41, 5.74) is 2.43. The number of ether oxygens (including phenoxy) is 1. The number of anilines is 1. The fourth-order valence-electron chi connectivity index (χ4n) is 4.16. The lowest BCUT2D eigenvalue weighted by molar-refractivity contribution is -0.132. The number of hydrogen-bond acceptors (Lipinski definition) is 5. The molecule has 1 atom stereocenters. The van der Waals surface area contributed by atoms with Crippen LogP contribution in [0.4, 0.5) is 5.69 Å². The van der Waals surface area contributed by atoms with E-state index in [0.717, 1.165) is 5.56 Å². The summed E-state index contributed by atoms with van der Waals surface area (Å²) in [5.74, 6) is -1.18. The molecule has 0 bridgehead atoms. The summed E-state index contributed by atoms with van der Waals surface area (Å²) in [5, 5.41) is 21.5. The molecule has 0 aromatic heterocycles. The van der Waals surface area contributed by atoms with Gasteiger partial charge in [0.15, 0.2) is 0 Å². The Hall–Kier alpha value is -3.77. The van der Waals surface area contributed by atoms with Gasteiger partial charge >= 0.3 is 0 Å². The van der Waals surface area contributed by atoms with Crippen LogP contribution in [0.25, 0.3) is 5.76 Å². The monoisotopic (exact) mass is 491 g/mol. The molecular weight excluding hydrogens is 466 g/mol. The predicted molar refractivity (Wildman–Crippen MR) is 136 cm³/mol. The minimum absolute atomic E-state index is 0.0473. The van der Waals surface area contributed by atoms with Crippen molar-refractivity contribution >= 4 is 34.7 Å². The van der Waals surface area contributed by atoms with Crippen molar-refractivity contribution in [3.8, 4) is 11.5 Å². The first-order valence-electron chi connectivity index (χ1n) is 11.4. The van der Waals surface area contributed by atoms with E-state index < -0.39 is 17.7 Å². The zero-order valence-electron chi connectivity index (χ0n) is 19.7. The molecule has 1 fully saturated rings. The number of nitrogens with zero attached hydrogens (tertiary/aromatic N) is 1. The van der Waals surface area contributed by atoms with Gasteiger partial charge in [0.2, 0.25) is 0 Å². The molecule has 7 heteroatoms. The van der Waals surface area contributed by atoms with Crippen molar-refractivity contribution in [2.45, 2.75) is 32.7 Å². The third-order valence-electron chi connectivity index (χ3n) is 6.00. The average Bonchev–Trinajstić information content (AvgIpc) is 3.11. The zero-order valence-corrected chi connectivity index (χ0v) is 20.4. The van der Waals surface area contributed by atoms with Gasteiger partial charge in [-0.25, -0.2) is 0 Å². The van der Waals surface area contributed by atoms with Crippen LogP contribution in [0.3, 0.4) is 0 Å². The van der Waals surface area contributed by atoms with E-state index in [9.17, 15) is 19.8 Å².